The molecule has 1 aromatic heterocycles. The van der Waals surface area contributed by atoms with Crippen LogP contribution in [0.1, 0.15) is 12.5 Å². The second kappa shape index (κ2) is 6.39. The van der Waals surface area contributed by atoms with Crippen LogP contribution in [0.3, 0.4) is 0 Å². The molecule has 0 fully saturated rings. The summed E-state index contributed by atoms with van der Waals surface area (Å²) in [6.45, 7) is 5.64. The van der Waals surface area contributed by atoms with E-state index in [4.69, 9.17) is 14.2 Å². The van der Waals surface area contributed by atoms with Gasteiger partial charge in [-0.1, -0.05) is 18.2 Å². The zero-order valence-corrected chi connectivity index (χ0v) is 13.1. The predicted molar refractivity (Wildman–Crippen MR) is 88.1 cm³/mol. The first-order valence-electron chi connectivity index (χ1n) is 6.71. The average Bonchev–Trinajstić information content (AvgIpc) is 2.51. The predicted octanol–water partition coefficient (Wildman–Crippen LogP) is 3.14. The molecule has 0 aliphatic carbocycles. The van der Waals surface area contributed by atoms with Crippen LogP contribution in [0, 0.1) is 0 Å². The molecule has 1 heterocycles. The van der Waals surface area contributed by atoms with Crippen LogP contribution in [-0.2, 0) is 0 Å². The largest absolute Gasteiger partial charge is 0.497 e. The number of ether oxygens (including phenoxy) is 3. The number of allylic oxidation sites excluding steroid dienone is 2. The second-order valence-corrected chi connectivity index (χ2v) is 4.83. The first-order chi connectivity index (χ1) is 10.5. The average molecular weight is 301 g/mol. The summed E-state index contributed by atoms with van der Waals surface area (Å²) in [7, 11) is 4.63. The first-order valence-corrected chi connectivity index (χ1v) is 6.71. The summed E-state index contributed by atoms with van der Waals surface area (Å²) < 4.78 is 16.1. The Morgan fingerprint density at radius 3 is 2.45 bits per heavy atom. The van der Waals surface area contributed by atoms with Crippen LogP contribution in [0.15, 0.2) is 35.2 Å². The maximum absolute atomic E-state index is 12.3. The Bertz CT molecular complexity index is 802. The molecule has 0 spiro atoms. The molecule has 0 amide bonds. The topological polar surface area (TPSA) is 60.6 Å². The van der Waals surface area contributed by atoms with Crippen molar-refractivity contribution in [3.63, 3.8) is 0 Å². The fraction of sp³-hybridized carbons (Fsp3) is 0.235. The Morgan fingerprint density at radius 2 is 1.91 bits per heavy atom. The van der Waals surface area contributed by atoms with Gasteiger partial charge in [0.25, 0.3) is 5.56 Å². The molecule has 1 N–H and O–H groups in total. The number of aromatic amines is 1. The van der Waals surface area contributed by atoms with Gasteiger partial charge in [0, 0.05) is 11.5 Å². The third-order valence-corrected chi connectivity index (χ3v) is 3.24. The van der Waals surface area contributed by atoms with Crippen molar-refractivity contribution in [2.24, 2.45) is 0 Å². The van der Waals surface area contributed by atoms with Gasteiger partial charge in [-0.3, -0.25) is 4.79 Å². The second-order valence-electron chi connectivity index (χ2n) is 4.83. The van der Waals surface area contributed by atoms with Crippen LogP contribution in [-0.4, -0.2) is 26.3 Å². The minimum absolute atomic E-state index is 0.259. The van der Waals surface area contributed by atoms with Gasteiger partial charge >= 0.3 is 0 Å². The molecule has 1 aromatic carbocycles. The lowest BCUT2D eigenvalue weighted by Gasteiger charge is -2.13. The Balaban J connectivity index is 2.87. The number of hydrogen-bond acceptors (Lipinski definition) is 4. The molecular formula is C17H19NO4. The zero-order chi connectivity index (χ0) is 16.3. The lowest BCUT2D eigenvalue weighted by molar-refractivity contribution is 0.395. The highest BCUT2D eigenvalue weighted by molar-refractivity contribution is 5.93. The van der Waals surface area contributed by atoms with Gasteiger partial charge in [0.05, 0.1) is 32.4 Å². The zero-order valence-electron chi connectivity index (χ0n) is 13.1. The van der Waals surface area contributed by atoms with Crippen molar-refractivity contribution in [1.29, 1.82) is 0 Å². The molecule has 2 aromatic rings. The van der Waals surface area contributed by atoms with Crippen LogP contribution < -0.4 is 19.8 Å². The summed E-state index contributed by atoms with van der Waals surface area (Å²) in [5.74, 6) is 1.60. The fourth-order valence-corrected chi connectivity index (χ4v) is 2.20. The highest BCUT2D eigenvalue weighted by Gasteiger charge is 2.15. The fourth-order valence-electron chi connectivity index (χ4n) is 2.20. The molecule has 0 saturated heterocycles. The van der Waals surface area contributed by atoms with Gasteiger partial charge in [-0.2, -0.15) is 0 Å². The van der Waals surface area contributed by atoms with Gasteiger partial charge in [-0.25, -0.2) is 0 Å². The van der Waals surface area contributed by atoms with Crippen molar-refractivity contribution in [3.05, 3.63) is 46.3 Å². The van der Waals surface area contributed by atoms with Gasteiger partial charge < -0.3 is 19.2 Å². The highest BCUT2D eigenvalue weighted by Crippen LogP contribution is 2.35. The van der Waals surface area contributed by atoms with E-state index >= 15 is 0 Å². The third kappa shape index (κ3) is 2.83. The number of rotatable bonds is 5. The molecule has 5 nitrogen and oxygen atoms in total. The minimum atomic E-state index is -0.259. The van der Waals surface area contributed by atoms with Crippen LogP contribution in [0.4, 0.5) is 0 Å². The summed E-state index contributed by atoms with van der Waals surface area (Å²) in [6, 6.07) is 3.51. The summed E-state index contributed by atoms with van der Waals surface area (Å²) in [4.78, 5) is 15.2. The summed E-state index contributed by atoms with van der Waals surface area (Å²) >= 11 is 0. The van der Waals surface area contributed by atoms with E-state index in [1.54, 1.807) is 31.4 Å². The van der Waals surface area contributed by atoms with Crippen molar-refractivity contribution >= 4 is 17.0 Å². The number of benzene rings is 1. The van der Waals surface area contributed by atoms with E-state index in [1.807, 2.05) is 6.92 Å². The normalized spacial score (nSPS) is 10.9. The Kier molecular flexibility index (Phi) is 4.56. The number of aromatic nitrogens is 1. The first kappa shape index (κ1) is 15.7. The molecule has 2 rings (SSSR count). The van der Waals surface area contributed by atoms with Gasteiger partial charge in [0.1, 0.15) is 17.2 Å². The van der Waals surface area contributed by atoms with Crippen molar-refractivity contribution in [3.8, 4) is 17.2 Å². The lowest BCUT2D eigenvalue weighted by atomic mass is 10.1. The van der Waals surface area contributed by atoms with Gasteiger partial charge in [0.15, 0.2) is 0 Å². The number of H-pyrrole nitrogens is 1. The van der Waals surface area contributed by atoms with Gasteiger partial charge in [-0.05, 0) is 19.1 Å². The molecular weight excluding hydrogens is 282 g/mol. The standard InChI is InChI=1S/C17H19NO4/c1-10(2)6-7-12-16(22-5)13-8-11(20-3)9-14(21-4)15(13)18-17(12)19/h6-9H,1H2,2-5H3,(H,18,19)/b7-6+. The summed E-state index contributed by atoms with van der Waals surface area (Å²) in [5.41, 5.74) is 1.57. The number of pyridine rings is 1. The maximum Gasteiger partial charge on any atom is 0.259 e. The number of hydrogen-bond donors (Lipinski definition) is 1. The van der Waals surface area contributed by atoms with Crippen molar-refractivity contribution in [1.82, 2.24) is 4.98 Å². The van der Waals surface area contributed by atoms with Crippen molar-refractivity contribution in [2.75, 3.05) is 21.3 Å². The third-order valence-electron chi connectivity index (χ3n) is 3.24. The molecule has 116 valence electrons. The maximum atomic E-state index is 12.3. The number of fused-ring (bicyclic) bond motifs is 1. The van der Waals surface area contributed by atoms with Crippen molar-refractivity contribution in [2.45, 2.75) is 6.92 Å². The number of nitrogens with one attached hydrogen (secondary N) is 1. The monoisotopic (exact) mass is 301 g/mol. The quantitative estimate of drug-likeness (QED) is 0.862. The molecule has 0 radical (unpaired) electrons. The van der Waals surface area contributed by atoms with Gasteiger partial charge in [-0.15, -0.1) is 0 Å². The van der Waals surface area contributed by atoms with E-state index in [0.29, 0.717) is 33.7 Å². The molecule has 0 saturated carbocycles. The van der Waals surface area contributed by atoms with E-state index in [0.717, 1.165) is 5.57 Å². The van der Waals surface area contributed by atoms with Crippen molar-refractivity contribution < 1.29 is 14.2 Å². The summed E-state index contributed by atoms with van der Waals surface area (Å²) in [5, 5.41) is 0.708. The lowest BCUT2D eigenvalue weighted by Crippen LogP contribution is -2.12. The Morgan fingerprint density at radius 1 is 1.18 bits per heavy atom. The number of methoxy groups -OCH3 is 3. The van der Waals surface area contributed by atoms with Crippen LogP contribution in [0.2, 0.25) is 0 Å². The van der Waals surface area contributed by atoms with E-state index < -0.39 is 0 Å². The van der Waals surface area contributed by atoms with E-state index in [9.17, 15) is 4.79 Å². The highest BCUT2D eigenvalue weighted by atomic mass is 16.5. The smallest absolute Gasteiger partial charge is 0.259 e. The molecule has 0 aliphatic rings. The van der Waals surface area contributed by atoms with E-state index in [-0.39, 0.29) is 5.56 Å². The van der Waals surface area contributed by atoms with Gasteiger partial charge in [0.2, 0.25) is 0 Å². The molecule has 0 aliphatic heterocycles. The van der Waals surface area contributed by atoms with E-state index in [1.165, 1.54) is 14.2 Å². The molecule has 0 unspecified atom stereocenters. The summed E-state index contributed by atoms with van der Waals surface area (Å²) in [6.07, 6.45) is 3.45. The SMILES string of the molecule is C=C(C)/C=C/c1c(OC)c2cc(OC)cc(OC)c2[nH]c1=O. The van der Waals surface area contributed by atoms with Crippen LogP contribution >= 0.6 is 0 Å². The molecule has 22 heavy (non-hydrogen) atoms. The molecule has 0 bridgehead atoms. The molecule has 5 heteroatoms. The Hall–Kier alpha value is -2.69. The van der Waals surface area contributed by atoms with Crippen LogP contribution in [0.25, 0.3) is 17.0 Å². The molecule has 0 atom stereocenters. The van der Waals surface area contributed by atoms with Crippen LogP contribution in [0.5, 0.6) is 17.2 Å². The van der Waals surface area contributed by atoms with E-state index in [2.05, 4.69) is 11.6 Å². The Labute approximate surface area is 128 Å². The minimum Gasteiger partial charge on any atom is -0.497 e.